The van der Waals surface area contributed by atoms with Crippen molar-refractivity contribution < 1.29 is 4.42 Å². The molecule has 0 spiro atoms. The second-order valence-corrected chi connectivity index (χ2v) is 14.0. The molecule has 0 saturated carbocycles. The first kappa shape index (κ1) is 28.6. The van der Waals surface area contributed by atoms with Gasteiger partial charge in [0.05, 0.1) is 5.69 Å². The number of fused-ring (bicyclic) bond motifs is 8. The normalized spacial score (nSPS) is 13.3. The van der Waals surface area contributed by atoms with Crippen LogP contribution in [0.3, 0.4) is 0 Å². The maximum Gasteiger partial charge on any atom is 0.137 e. The summed E-state index contributed by atoms with van der Waals surface area (Å²) in [5.74, 6) is 0. The summed E-state index contributed by atoms with van der Waals surface area (Å²) >= 11 is 0. The summed E-state index contributed by atoms with van der Waals surface area (Å²) in [6.45, 7) is 11.4. The van der Waals surface area contributed by atoms with Gasteiger partial charge in [-0.05, 0) is 107 Å². The minimum Gasteiger partial charge on any atom is -0.456 e. The van der Waals surface area contributed by atoms with Gasteiger partial charge in [0.2, 0.25) is 0 Å². The van der Waals surface area contributed by atoms with Crippen molar-refractivity contribution in [3.63, 3.8) is 0 Å². The van der Waals surface area contributed by atoms with E-state index in [0.29, 0.717) is 0 Å². The van der Waals surface area contributed by atoms with Gasteiger partial charge in [-0.25, -0.2) is 0 Å². The molecule has 1 aliphatic carbocycles. The van der Waals surface area contributed by atoms with E-state index in [9.17, 15) is 0 Å². The van der Waals surface area contributed by atoms with Crippen molar-refractivity contribution in [2.24, 2.45) is 0 Å². The first-order valence-electron chi connectivity index (χ1n) is 16.9. The Morgan fingerprint density at radius 1 is 0.479 bits per heavy atom. The van der Waals surface area contributed by atoms with E-state index < -0.39 is 0 Å². The third-order valence-corrected chi connectivity index (χ3v) is 10.6. The smallest absolute Gasteiger partial charge is 0.137 e. The highest BCUT2D eigenvalue weighted by atomic mass is 16.3. The highest BCUT2D eigenvalue weighted by Crippen LogP contribution is 2.55. The molecule has 1 aromatic heterocycles. The zero-order valence-corrected chi connectivity index (χ0v) is 28.1. The van der Waals surface area contributed by atoms with Crippen LogP contribution in [0.15, 0.2) is 138 Å². The third kappa shape index (κ3) is 4.19. The number of anilines is 3. The second kappa shape index (κ2) is 10.5. The molecule has 0 unspecified atom stereocenters. The minimum atomic E-state index is -0.144. The molecule has 232 valence electrons. The van der Waals surface area contributed by atoms with Gasteiger partial charge < -0.3 is 9.32 Å². The molecule has 2 nitrogen and oxygen atoms in total. The van der Waals surface area contributed by atoms with Crippen LogP contribution in [-0.2, 0) is 5.41 Å². The number of furan rings is 1. The summed E-state index contributed by atoms with van der Waals surface area (Å²) in [6, 6.07) is 48.9. The highest BCUT2D eigenvalue weighted by molar-refractivity contribution is 6.11. The molecular weight excluding hydrogens is 583 g/mol. The van der Waals surface area contributed by atoms with Crippen LogP contribution in [0.2, 0.25) is 0 Å². The summed E-state index contributed by atoms with van der Waals surface area (Å²) in [5.41, 5.74) is 16.8. The SMILES string of the molecule is Cc1ccc2c(c1)C(C)(C)c1cc(N(c3ccc(-c4ccccc4C)c(C)c3)c3ccc4c(c3)oc3ccccc34)c3ccccc3c1-2. The van der Waals surface area contributed by atoms with Crippen LogP contribution in [0, 0.1) is 20.8 Å². The Labute approximate surface area is 281 Å². The van der Waals surface area contributed by atoms with Gasteiger partial charge in [0.1, 0.15) is 11.2 Å². The Morgan fingerprint density at radius 2 is 1.12 bits per heavy atom. The highest BCUT2D eigenvalue weighted by Gasteiger charge is 2.38. The van der Waals surface area contributed by atoms with E-state index in [1.54, 1.807) is 0 Å². The van der Waals surface area contributed by atoms with Crippen molar-refractivity contribution in [3.05, 3.63) is 161 Å². The molecule has 2 heteroatoms. The lowest BCUT2D eigenvalue weighted by molar-refractivity contribution is 0.660. The molecule has 8 aromatic rings. The van der Waals surface area contributed by atoms with E-state index in [4.69, 9.17) is 4.42 Å². The molecular formula is C46H37NO. The maximum absolute atomic E-state index is 6.45. The number of hydrogen-bond donors (Lipinski definition) is 0. The van der Waals surface area contributed by atoms with Crippen LogP contribution in [0.4, 0.5) is 17.1 Å². The molecule has 0 saturated heterocycles. The monoisotopic (exact) mass is 619 g/mol. The topological polar surface area (TPSA) is 16.4 Å². The van der Waals surface area contributed by atoms with Crippen LogP contribution in [0.1, 0.15) is 41.7 Å². The lowest BCUT2D eigenvalue weighted by Crippen LogP contribution is -2.17. The molecule has 0 atom stereocenters. The Morgan fingerprint density at radius 3 is 1.94 bits per heavy atom. The Hall–Kier alpha value is -5.60. The summed E-state index contributed by atoms with van der Waals surface area (Å²) in [6.07, 6.45) is 0. The fraction of sp³-hybridized carbons (Fsp3) is 0.130. The second-order valence-electron chi connectivity index (χ2n) is 14.0. The molecule has 9 rings (SSSR count). The largest absolute Gasteiger partial charge is 0.456 e. The molecule has 7 aromatic carbocycles. The molecule has 1 heterocycles. The van der Waals surface area contributed by atoms with E-state index in [-0.39, 0.29) is 5.41 Å². The predicted octanol–water partition coefficient (Wildman–Crippen LogP) is 13.1. The van der Waals surface area contributed by atoms with Crippen LogP contribution >= 0.6 is 0 Å². The van der Waals surface area contributed by atoms with Gasteiger partial charge in [-0.3, -0.25) is 0 Å². The Kier molecular flexibility index (Phi) is 6.23. The van der Waals surface area contributed by atoms with E-state index in [1.807, 2.05) is 6.07 Å². The average Bonchev–Trinajstić information content (AvgIpc) is 3.57. The lowest BCUT2D eigenvalue weighted by Gasteiger charge is -2.30. The number of benzene rings is 7. The number of rotatable bonds is 4. The molecule has 0 radical (unpaired) electrons. The van der Waals surface area contributed by atoms with Gasteiger partial charge in [0.15, 0.2) is 0 Å². The fourth-order valence-corrected chi connectivity index (χ4v) is 8.11. The zero-order chi connectivity index (χ0) is 32.7. The first-order valence-corrected chi connectivity index (χ1v) is 16.9. The third-order valence-electron chi connectivity index (χ3n) is 10.6. The average molecular weight is 620 g/mol. The van der Waals surface area contributed by atoms with Crippen molar-refractivity contribution in [1.29, 1.82) is 0 Å². The van der Waals surface area contributed by atoms with E-state index in [0.717, 1.165) is 33.3 Å². The van der Waals surface area contributed by atoms with Gasteiger partial charge in [0.25, 0.3) is 0 Å². The summed E-state index contributed by atoms with van der Waals surface area (Å²) in [5, 5.41) is 4.78. The van der Waals surface area contributed by atoms with Crippen LogP contribution in [0.5, 0.6) is 0 Å². The zero-order valence-electron chi connectivity index (χ0n) is 28.1. The van der Waals surface area contributed by atoms with Crippen LogP contribution in [-0.4, -0.2) is 0 Å². The van der Waals surface area contributed by atoms with E-state index in [2.05, 4.69) is 167 Å². The van der Waals surface area contributed by atoms with Gasteiger partial charge in [-0.2, -0.15) is 0 Å². The Balaban J connectivity index is 1.33. The lowest BCUT2D eigenvalue weighted by atomic mass is 9.81. The maximum atomic E-state index is 6.45. The minimum absolute atomic E-state index is 0.144. The molecule has 0 aliphatic heterocycles. The molecule has 0 amide bonds. The summed E-state index contributed by atoms with van der Waals surface area (Å²) < 4.78 is 6.45. The quantitative estimate of drug-likeness (QED) is 0.195. The molecule has 48 heavy (non-hydrogen) atoms. The van der Waals surface area contributed by atoms with Gasteiger partial charge in [-0.15, -0.1) is 0 Å². The number of hydrogen-bond acceptors (Lipinski definition) is 2. The number of para-hydroxylation sites is 1. The Bertz CT molecular complexity index is 2580. The first-order chi connectivity index (χ1) is 23.3. The van der Waals surface area contributed by atoms with Crippen molar-refractivity contribution in [3.8, 4) is 22.3 Å². The molecule has 0 bridgehead atoms. The summed E-state index contributed by atoms with van der Waals surface area (Å²) in [4.78, 5) is 2.44. The predicted molar refractivity (Wildman–Crippen MR) is 203 cm³/mol. The molecule has 0 fully saturated rings. The van der Waals surface area contributed by atoms with Crippen molar-refractivity contribution in [2.75, 3.05) is 4.90 Å². The fourth-order valence-electron chi connectivity index (χ4n) is 8.11. The van der Waals surface area contributed by atoms with E-state index >= 15 is 0 Å². The standard InChI is InChI=1S/C46H37NO/c1-28-18-21-39-40(24-28)46(4,5)41-27-42(35-14-8-9-16-38(35)45(39)41)47(31-19-22-34(30(3)25-31)33-13-7-6-12-29(33)2)32-20-23-37-36-15-10-11-17-43(36)48-44(37)26-32/h6-27H,1-5H3. The van der Waals surface area contributed by atoms with Crippen LogP contribution in [0.25, 0.3) is 55.0 Å². The van der Waals surface area contributed by atoms with Crippen LogP contribution < -0.4 is 4.90 Å². The summed E-state index contributed by atoms with van der Waals surface area (Å²) in [7, 11) is 0. The molecule has 0 N–H and O–H groups in total. The van der Waals surface area contributed by atoms with Gasteiger partial charge in [-0.1, -0.05) is 110 Å². The number of aryl methyl sites for hydroxylation is 3. The van der Waals surface area contributed by atoms with Crippen molar-refractivity contribution >= 4 is 49.8 Å². The molecule has 1 aliphatic rings. The number of nitrogens with zero attached hydrogens (tertiary/aromatic N) is 1. The van der Waals surface area contributed by atoms with Gasteiger partial charge in [0, 0.05) is 39.0 Å². The van der Waals surface area contributed by atoms with E-state index in [1.165, 1.54) is 66.5 Å². The van der Waals surface area contributed by atoms with Crippen molar-refractivity contribution in [1.82, 2.24) is 0 Å². The van der Waals surface area contributed by atoms with Gasteiger partial charge >= 0.3 is 0 Å². The van der Waals surface area contributed by atoms with Crippen molar-refractivity contribution in [2.45, 2.75) is 40.0 Å².